The molecule has 1 atom stereocenters. The maximum absolute atomic E-state index is 8.76. The molecule has 0 bridgehead atoms. The Morgan fingerprint density at radius 2 is 2.31 bits per heavy atom. The molecule has 1 heterocycles. The molecule has 0 saturated carbocycles. The molecule has 0 radical (unpaired) electrons. The van der Waals surface area contributed by atoms with E-state index >= 15 is 0 Å². The van der Waals surface area contributed by atoms with E-state index in [9.17, 15) is 0 Å². The van der Waals surface area contributed by atoms with E-state index in [2.05, 4.69) is 18.8 Å². The van der Waals surface area contributed by atoms with Crippen LogP contribution < -0.4 is 10.5 Å². The number of nitriles is 1. The lowest BCUT2D eigenvalue weighted by Crippen LogP contribution is -2.09. The Balaban J connectivity index is 2.58. The van der Waals surface area contributed by atoms with Gasteiger partial charge in [0, 0.05) is 6.07 Å². The lowest BCUT2D eigenvalue weighted by molar-refractivity contribution is 0.243. The van der Waals surface area contributed by atoms with Crippen molar-refractivity contribution < 1.29 is 4.74 Å². The molecule has 1 aromatic heterocycles. The third-order valence-electron chi connectivity index (χ3n) is 2.30. The zero-order valence-electron chi connectivity index (χ0n) is 9.73. The number of aromatic nitrogens is 1. The average Bonchev–Trinajstić information content (AvgIpc) is 2.28. The fraction of sp³-hybridized carbons (Fsp3) is 0.500. The summed E-state index contributed by atoms with van der Waals surface area (Å²) in [5.41, 5.74) is 6.17. The molecule has 1 unspecified atom stereocenters. The Hall–Kier alpha value is -1.76. The van der Waals surface area contributed by atoms with Gasteiger partial charge in [-0.05, 0) is 18.4 Å². The second-order valence-corrected chi connectivity index (χ2v) is 3.90. The van der Waals surface area contributed by atoms with Gasteiger partial charge in [0.25, 0.3) is 0 Å². The number of nitrogens with zero attached hydrogens (tertiary/aromatic N) is 2. The number of rotatable bonds is 5. The zero-order chi connectivity index (χ0) is 12.0. The van der Waals surface area contributed by atoms with Crippen LogP contribution in [0.3, 0.4) is 0 Å². The van der Waals surface area contributed by atoms with Crippen molar-refractivity contribution in [1.29, 1.82) is 5.26 Å². The average molecular weight is 219 g/mol. The van der Waals surface area contributed by atoms with Gasteiger partial charge in [-0.25, -0.2) is 4.98 Å². The number of anilines is 1. The molecule has 0 amide bonds. The minimum atomic E-state index is 0.223. The first kappa shape index (κ1) is 12.3. The van der Waals surface area contributed by atoms with Gasteiger partial charge in [0.05, 0.1) is 12.3 Å². The maximum Gasteiger partial charge on any atom is 0.214 e. The van der Waals surface area contributed by atoms with E-state index in [0.29, 0.717) is 24.1 Å². The molecular weight excluding hydrogens is 202 g/mol. The van der Waals surface area contributed by atoms with Gasteiger partial charge in [0.1, 0.15) is 6.07 Å². The molecule has 0 aliphatic rings. The van der Waals surface area contributed by atoms with Crippen molar-refractivity contribution in [3.63, 3.8) is 0 Å². The normalized spacial score (nSPS) is 11.8. The largest absolute Gasteiger partial charge is 0.477 e. The fourth-order valence-electron chi connectivity index (χ4n) is 1.43. The van der Waals surface area contributed by atoms with Crippen molar-refractivity contribution >= 4 is 5.69 Å². The van der Waals surface area contributed by atoms with Crippen LogP contribution in [-0.4, -0.2) is 11.6 Å². The molecule has 0 aliphatic carbocycles. The smallest absolute Gasteiger partial charge is 0.214 e. The molecule has 0 aliphatic heterocycles. The van der Waals surface area contributed by atoms with Crippen LogP contribution in [0.25, 0.3) is 0 Å². The predicted molar refractivity (Wildman–Crippen MR) is 62.9 cm³/mol. The van der Waals surface area contributed by atoms with E-state index in [1.807, 2.05) is 6.07 Å². The Morgan fingerprint density at radius 1 is 1.56 bits per heavy atom. The highest BCUT2D eigenvalue weighted by molar-refractivity contribution is 5.50. The molecule has 4 heteroatoms. The minimum absolute atomic E-state index is 0.223. The summed E-state index contributed by atoms with van der Waals surface area (Å²) in [6.07, 6.45) is 2.27. The van der Waals surface area contributed by atoms with E-state index in [1.165, 1.54) is 0 Å². The highest BCUT2D eigenvalue weighted by Crippen LogP contribution is 2.15. The lowest BCUT2D eigenvalue weighted by atomic mass is 10.1. The zero-order valence-corrected chi connectivity index (χ0v) is 9.73. The molecule has 0 fully saturated rings. The van der Waals surface area contributed by atoms with Crippen molar-refractivity contribution in [3.8, 4) is 11.9 Å². The van der Waals surface area contributed by atoms with E-state index in [4.69, 9.17) is 15.7 Å². The van der Waals surface area contributed by atoms with E-state index in [-0.39, 0.29) is 5.69 Å². The van der Waals surface area contributed by atoms with Gasteiger partial charge in [0.15, 0.2) is 5.69 Å². The molecule has 1 aromatic rings. The first-order valence-electron chi connectivity index (χ1n) is 5.46. The first-order valence-corrected chi connectivity index (χ1v) is 5.46. The Morgan fingerprint density at radius 3 is 2.94 bits per heavy atom. The van der Waals surface area contributed by atoms with E-state index in [1.54, 1.807) is 12.1 Å². The maximum atomic E-state index is 8.76. The van der Waals surface area contributed by atoms with Crippen LogP contribution in [0.2, 0.25) is 0 Å². The van der Waals surface area contributed by atoms with E-state index < -0.39 is 0 Å². The van der Waals surface area contributed by atoms with Gasteiger partial charge in [-0.1, -0.05) is 20.3 Å². The lowest BCUT2D eigenvalue weighted by Gasteiger charge is -2.11. The molecule has 86 valence electrons. The van der Waals surface area contributed by atoms with Crippen LogP contribution in [0.15, 0.2) is 12.1 Å². The van der Waals surface area contributed by atoms with Gasteiger partial charge in [-0.15, -0.1) is 0 Å². The molecule has 0 spiro atoms. The van der Waals surface area contributed by atoms with Crippen LogP contribution in [0.1, 0.15) is 32.4 Å². The van der Waals surface area contributed by atoms with Crippen LogP contribution in [0.4, 0.5) is 5.69 Å². The van der Waals surface area contributed by atoms with Crippen LogP contribution in [0.5, 0.6) is 5.88 Å². The summed E-state index contributed by atoms with van der Waals surface area (Å²) in [5, 5.41) is 8.76. The second-order valence-electron chi connectivity index (χ2n) is 3.90. The summed E-state index contributed by atoms with van der Waals surface area (Å²) in [7, 11) is 0. The number of ether oxygens (including phenoxy) is 1. The Bertz CT molecular complexity index is 384. The second kappa shape index (κ2) is 5.96. The van der Waals surface area contributed by atoms with E-state index in [0.717, 1.165) is 12.8 Å². The van der Waals surface area contributed by atoms with Crippen molar-refractivity contribution in [2.75, 3.05) is 12.3 Å². The third kappa shape index (κ3) is 3.43. The van der Waals surface area contributed by atoms with Crippen LogP contribution in [0, 0.1) is 17.2 Å². The van der Waals surface area contributed by atoms with Gasteiger partial charge in [-0.3, -0.25) is 0 Å². The molecule has 2 N–H and O–H groups in total. The summed E-state index contributed by atoms with van der Waals surface area (Å²) >= 11 is 0. The van der Waals surface area contributed by atoms with Crippen LogP contribution >= 0.6 is 0 Å². The van der Waals surface area contributed by atoms with Gasteiger partial charge >= 0.3 is 0 Å². The highest BCUT2D eigenvalue weighted by atomic mass is 16.5. The van der Waals surface area contributed by atoms with Gasteiger partial charge < -0.3 is 10.5 Å². The van der Waals surface area contributed by atoms with Crippen molar-refractivity contribution in [2.45, 2.75) is 26.7 Å². The molecule has 16 heavy (non-hydrogen) atoms. The number of hydrogen-bond donors (Lipinski definition) is 1. The quantitative estimate of drug-likeness (QED) is 0.825. The van der Waals surface area contributed by atoms with Gasteiger partial charge in [0.2, 0.25) is 5.88 Å². The third-order valence-corrected chi connectivity index (χ3v) is 2.30. The summed E-state index contributed by atoms with van der Waals surface area (Å²) in [5.74, 6) is 0.962. The molecule has 4 nitrogen and oxygen atoms in total. The molecular formula is C12H17N3O. The summed E-state index contributed by atoms with van der Waals surface area (Å²) in [6, 6.07) is 5.27. The van der Waals surface area contributed by atoms with Gasteiger partial charge in [-0.2, -0.15) is 5.26 Å². The predicted octanol–water partition coefficient (Wildman–Crippen LogP) is 2.35. The Kier molecular flexibility index (Phi) is 4.59. The van der Waals surface area contributed by atoms with Crippen molar-refractivity contribution in [2.24, 2.45) is 5.92 Å². The number of hydrogen-bond acceptors (Lipinski definition) is 4. The molecule has 1 rings (SSSR count). The monoisotopic (exact) mass is 219 g/mol. The van der Waals surface area contributed by atoms with Crippen molar-refractivity contribution in [3.05, 3.63) is 17.8 Å². The SMILES string of the molecule is CCCC(C)COc1ccc(N)c(C#N)n1. The number of nitrogens with two attached hydrogens (primary N) is 1. The molecule has 0 saturated heterocycles. The summed E-state index contributed by atoms with van der Waals surface area (Å²) in [4.78, 5) is 4.01. The Labute approximate surface area is 96.1 Å². The minimum Gasteiger partial charge on any atom is -0.477 e. The fourth-order valence-corrected chi connectivity index (χ4v) is 1.43. The number of nitrogen functional groups attached to an aromatic ring is 1. The molecule has 0 aromatic carbocycles. The topological polar surface area (TPSA) is 71.9 Å². The summed E-state index contributed by atoms with van der Waals surface area (Å²) in [6.45, 7) is 4.90. The van der Waals surface area contributed by atoms with Crippen LogP contribution in [-0.2, 0) is 0 Å². The number of pyridine rings is 1. The van der Waals surface area contributed by atoms with Crippen molar-refractivity contribution in [1.82, 2.24) is 4.98 Å². The standard InChI is InChI=1S/C12H17N3O/c1-3-4-9(2)8-16-12-6-5-10(14)11(7-13)15-12/h5-6,9H,3-4,8,14H2,1-2H3. The highest BCUT2D eigenvalue weighted by Gasteiger charge is 2.05. The summed E-state index contributed by atoms with van der Waals surface area (Å²) < 4.78 is 5.50. The first-order chi connectivity index (χ1) is 7.67.